The van der Waals surface area contributed by atoms with E-state index in [-0.39, 0.29) is 11.9 Å². The number of anilines is 1. The van der Waals surface area contributed by atoms with E-state index >= 15 is 0 Å². The van der Waals surface area contributed by atoms with Crippen LogP contribution in [0.1, 0.15) is 32.1 Å². The van der Waals surface area contributed by atoms with Gasteiger partial charge in [0.15, 0.2) is 0 Å². The Labute approximate surface area is 130 Å². The molecule has 0 aromatic heterocycles. The van der Waals surface area contributed by atoms with Crippen molar-refractivity contribution >= 4 is 17.3 Å². The number of nitriles is 1. The molecule has 0 radical (unpaired) electrons. The van der Waals surface area contributed by atoms with E-state index in [1.165, 1.54) is 19.3 Å². The van der Waals surface area contributed by atoms with E-state index < -0.39 is 5.92 Å². The molecule has 2 aliphatic rings. The Hall–Kier alpha value is -2.35. The highest BCUT2D eigenvalue weighted by molar-refractivity contribution is 6.42. The second kappa shape index (κ2) is 6.61. The summed E-state index contributed by atoms with van der Waals surface area (Å²) in [5.41, 5.74) is 4.05. The van der Waals surface area contributed by atoms with E-state index in [9.17, 15) is 10.1 Å². The first kappa shape index (κ1) is 14.6. The van der Waals surface area contributed by atoms with Crippen molar-refractivity contribution in [3.8, 4) is 6.07 Å². The van der Waals surface area contributed by atoms with Crippen molar-refractivity contribution in [3.63, 3.8) is 0 Å². The van der Waals surface area contributed by atoms with Gasteiger partial charge >= 0.3 is 0 Å². The molecule has 2 fully saturated rings. The quantitative estimate of drug-likeness (QED) is 0.872. The lowest BCUT2D eigenvalue weighted by Gasteiger charge is -2.30. The van der Waals surface area contributed by atoms with Crippen LogP contribution in [-0.4, -0.2) is 29.1 Å². The normalized spacial score (nSPS) is 24.5. The molecular formula is C17H20N4O. The summed E-state index contributed by atoms with van der Waals surface area (Å²) in [5.74, 6) is -0.521. The Kier molecular flexibility index (Phi) is 4.38. The fourth-order valence-corrected chi connectivity index (χ4v) is 3.24. The van der Waals surface area contributed by atoms with Crippen molar-refractivity contribution in [2.24, 2.45) is 11.0 Å². The Morgan fingerprint density at radius 3 is 2.59 bits per heavy atom. The van der Waals surface area contributed by atoms with Crippen LogP contribution in [0.3, 0.4) is 0 Å². The summed E-state index contributed by atoms with van der Waals surface area (Å²) in [6.07, 6.45) is 5.67. The first-order chi connectivity index (χ1) is 10.8. The molecule has 0 spiro atoms. The average molecular weight is 296 g/mol. The second-order valence-electron chi connectivity index (χ2n) is 5.91. The molecule has 1 aliphatic heterocycles. The zero-order valence-corrected chi connectivity index (χ0v) is 12.5. The molecule has 1 amide bonds. The Bertz CT molecular complexity index is 599. The van der Waals surface area contributed by atoms with Crippen LogP contribution in [0.5, 0.6) is 0 Å². The molecule has 1 unspecified atom stereocenters. The number of benzene rings is 1. The van der Waals surface area contributed by atoms with Gasteiger partial charge in [0.1, 0.15) is 11.6 Å². The van der Waals surface area contributed by atoms with Crippen LogP contribution >= 0.6 is 0 Å². The minimum atomic E-state index is -0.439. The maximum atomic E-state index is 12.6. The van der Waals surface area contributed by atoms with Gasteiger partial charge in [0, 0.05) is 12.6 Å². The zero-order chi connectivity index (χ0) is 15.4. The summed E-state index contributed by atoms with van der Waals surface area (Å²) >= 11 is 0. The van der Waals surface area contributed by atoms with Crippen LogP contribution in [0.2, 0.25) is 0 Å². The molecule has 1 saturated heterocycles. The first-order valence-electron chi connectivity index (χ1n) is 7.89. The van der Waals surface area contributed by atoms with Crippen molar-refractivity contribution in [2.75, 3.05) is 12.0 Å². The molecule has 1 aromatic carbocycles. The number of carbonyl (C=O) groups excluding carboxylic acids is 1. The number of likely N-dealkylation sites (tertiary alicyclic amines) is 1. The third-order valence-corrected chi connectivity index (χ3v) is 4.44. The highest BCUT2D eigenvalue weighted by atomic mass is 16.2. The topological polar surface area (TPSA) is 68.5 Å². The molecular weight excluding hydrogens is 276 g/mol. The van der Waals surface area contributed by atoms with Gasteiger partial charge in [-0.25, -0.2) is 0 Å². The van der Waals surface area contributed by atoms with Gasteiger partial charge in [-0.05, 0) is 25.0 Å². The van der Waals surface area contributed by atoms with Crippen molar-refractivity contribution in [1.29, 1.82) is 5.26 Å². The molecule has 5 nitrogen and oxygen atoms in total. The Balaban J connectivity index is 1.75. The van der Waals surface area contributed by atoms with Gasteiger partial charge in [-0.1, -0.05) is 37.5 Å². The van der Waals surface area contributed by atoms with Crippen LogP contribution in [0.15, 0.2) is 35.4 Å². The molecule has 1 atom stereocenters. The number of carbonyl (C=O) groups is 1. The van der Waals surface area contributed by atoms with E-state index in [2.05, 4.69) is 16.6 Å². The number of hydrogen-bond donors (Lipinski definition) is 1. The number of hydrazone groups is 1. The monoisotopic (exact) mass is 296 g/mol. The van der Waals surface area contributed by atoms with Crippen molar-refractivity contribution in [1.82, 2.24) is 4.90 Å². The lowest BCUT2D eigenvalue weighted by Crippen LogP contribution is -2.39. The van der Waals surface area contributed by atoms with Gasteiger partial charge in [0.25, 0.3) is 5.91 Å². The van der Waals surface area contributed by atoms with E-state index in [4.69, 9.17) is 0 Å². The predicted molar refractivity (Wildman–Crippen MR) is 85.2 cm³/mol. The summed E-state index contributed by atoms with van der Waals surface area (Å²) in [6, 6.07) is 12.0. The third-order valence-electron chi connectivity index (χ3n) is 4.44. The van der Waals surface area contributed by atoms with Crippen LogP contribution in [0, 0.1) is 17.2 Å². The molecule has 1 heterocycles. The van der Waals surface area contributed by atoms with Crippen LogP contribution in [0.25, 0.3) is 0 Å². The van der Waals surface area contributed by atoms with Crippen molar-refractivity contribution < 1.29 is 4.79 Å². The minimum absolute atomic E-state index is 0.0816. The van der Waals surface area contributed by atoms with Crippen LogP contribution in [0.4, 0.5) is 5.69 Å². The fraction of sp³-hybridized carbons (Fsp3) is 0.471. The smallest absolute Gasteiger partial charge is 0.271 e. The van der Waals surface area contributed by atoms with E-state index in [0.29, 0.717) is 12.3 Å². The number of para-hydroxylation sites is 1. The number of nitrogens with zero attached hydrogens (tertiary/aromatic N) is 3. The van der Waals surface area contributed by atoms with Gasteiger partial charge in [0.05, 0.1) is 11.8 Å². The second-order valence-corrected chi connectivity index (χ2v) is 5.91. The molecule has 1 N–H and O–H groups in total. The Morgan fingerprint density at radius 2 is 1.91 bits per heavy atom. The third kappa shape index (κ3) is 2.96. The Morgan fingerprint density at radius 1 is 1.18 bits per heavy atom. The number of amides is 1. The molecule has 3 rings (SSSR count). The van der Waals surface area contributed by atoms with Crippen molar-refractivity contribution in [2.45, 2.75) is 38.1 Å². The average Bonchev–Trinajstić information content (AvgIpc) is 2.90. The SMILES string of the molecule is N#CC1CN(C2CCCCC2)C(=O)C1=NNc1ccccc1. The maximum absolute atomic E-state index is 12.6. The predicted octanol–water partition coefficient (Wildman–Crippen LogP) is 2.77. The van der Waals surface area contributed by atoms with Crippen LogP contribution in [-0.2, 0) is 4.79 Å². The summed E-state index contributed by atoms with van der Waals surface area (Å²) in [5, 5.41) is 13.6. The largest absolute Gasteiger partial charge is 0.333 e. The summed E-state index contributed by atoms with van der Waals surface area (Å²) in [7, 11) is 0. The standard InChI is InChI=1S/C17H20N4O/c18-11-13-12-21(15-9-5-2-6-10-15)17(22)16(13)20-19-14-7-3-1-4-8-14/h1,3-4,7-8,13,15,19H,2,5-6,9-10,12H2. The molecule has 0 bridgehead atoms. The summed E-state index contributed by atoms with van der Waals surface area (Å²) < 4.78 is 0. The highest BCUT2D eigenvalue weighted by Crippen LogP contribution is 2.27. The number of hydrogen-bond acceptors (Lipinski definition) is 4. The molecule has 1 aliphatic carbocycles. The lowest BCUT2D eigenvalue weighted by molar-refractivity contribution is -0.125. The molecule has 22 heavy (non-hydrogen) atoms. The molecule has 1 aromatic rings. The van der Waals surface area contributed by atoms with Gasteiger partial charge in [-0.3, -0.25) is 10.2 Å². The molecule has 114 valence electrons. The lowest BCUT2D eigenvalue weighted by atomic mass is 9.94. The van der Waals surface area contributed by atoms with Crippen LogP contribution < -0.4 is 5.43 Å². The minimum Gasteiger partial charge on any atom is -0.333 e. The number of nitrogens with one attached hydrogen (secondary N) is 1. The van der Waals surface area contributed by atoms with Gasteiger partial charge < -0.3 is 4.90 Å². The van der Waals surface area contributed by atoms with E-state index in [1.807, 2.05) is 35.2 Å². The number of rotatable bonds is 3. The fourth-order valence-electron chi connectivity index (χ4n) is 3.24. The van der Waals surface area contributed by atoms with E-state index in [0.717, 1.165) is 18.5 Å². The first-order valence-corrected chi connectivity index (χ1v) is 7.89. The summed E-state index contributed by atoms with van der Waals surface area (Å²) in [6.45, 7) is 0.481. The molecule has 1 saturated carbocycles. The van der Waals surface area contributed by atoms with Crippen molar-refractivity contribution in [3.05, 3.63) is 30.3 Å². The van der Waals surface area contributed by atoms with E-state index in [1.54, 1.807) is 0 Å². The van der Waals surface area contributed by atoms with Gasteiger partial charge in [-0.15, -0.1) is 0 Å². The highest BCUT2D eigenvalue weighted by Gasteiger charge is 2.40. The molecule has 5 heteroatoms. The maximum Gasteiger partial charge on any atom is 0.271 e. The van der Waals surface area contributed by atoms with Gasteiger partial charge in [-0.2, -0.15) is 10.4 Å². The zero-order valence-electron chi connectivity index (χ0n) is 12.5. The van der Waals surface area contributed by atoms with Gasteiger partial charge in [0.2, 0.25) is 0 Å². The summed E-state index contributed by atoms with van der Waals surface area (Å²) in [4.78, 5) is 14.5.